The van der Waals surface area contributed by atoms with Crippen molar-refractivity contribution in [2.45, 2.75) is 19.4 Å². The van der Waals surface area contributed by atoms with E-state index in [0.717, 1.165) is 5.69 Å². The number of halogens is 1. The lowest BCUT2D eigenvalue weighted by Crippen LogP contribution is -2.53. The molecular weight excluding hydrogens is 233 g/mol. The third-order valence-electron chi connectivity index (χ3n) is 3.05. The maximum absolute atomic E-state index is 13.0. The van der Waals surface area contributed by atoms with Crippen molar-refractivity contribution in [3.8, 4) is 0 Å². The first-order valence-corrected chi connectivity index (χ1v) is 6.00. The molecule has 0 fully saturated rings. The van der Waals surface area contributed by atoms with E-state index in [1.54, 1.807) is 12.1 Å². The van der Waals surface area contributed by atoms with Crippen LogP contribution in [0.25, 0.3) is 0 Å². The van der Waals surface area contributed by atoms with E-state index < -0.39 is 0 Å². The molecule has 0 radical (unpaired) electrons. The van der Waals surface area contributed by atoms with Gasteiger partial charge in [0.1, 0.15) is 5.82 Å². The molecule has 0 spiro atoms. The number of nitrogens with zero attached hydrogens (tertiary/aromatic N) is 2. The molecule has 98 valence electrons. The van der Waals surface area contributed by atoms with Crippen molar-refractivity contribution in [2.24, 2.45) is 10.7 Å². The van der Waals surface area contributed by atoms with Gasteiger partial charge in [0, 0.05) is 12.3 Å². The van der Waals surface area contributed by atoms with E-state index >= 15 is 0 Å². The Morgan fingerprint density at radius 3 is 2.72 bits per heavy atom. The van der Waals surface area contributed by atoms with Gasteiger partial charge in [0.25, 0.3) is 0 Å². The minimum absolute atomic E-state index is 0.264. The molecule has 1 aliphatic rings. The number of ether oxygens (including phenoxy) is 1. The van der Waals surface area contributed by atoms with Gasteiger partial charge in [-0.3, -0.25) is 4.99 Å². The summed E-state index contributed by atoms with van der Waals surface area (Å²) in [6.45, 7) is 5.74. The highest BCUT2D eigenvalue weighted by Crippen LogP contribution is 2.29. The van der Waals surface area contributed by atoms with Gasteiger partial charge < -0.3 is 15.4 Å². The highest BCUT2D eigenvalue weighted by Gasteiger charge is 2.39. The summed E-state index contributed by atoms with van der Waals surface area (Å²) in [5.74, 6) is 0.184. The maximum Gasteiger partial charge on any atom is 0.196 e. The van der Waals surface area contributed by atoms with E-state index in [1.807, 2.05) is 18.7 Å². The summed E-state index contributed by atoms with van der Waals surface area (Å²) in [6, 6.07) is 6.24. The minimum Gasteiger partial charge on any atom is -0.379 e. The largest absolute Gasteiger partial charge is 0.379 e. The van der Waals surface area contributed by atoms with E-state index in [2.05, 4.69) is 4.99 Å². The van der Waals surface area contributed by atoms with Crippen LogP contribution in [0.1, 0.15) is 13.8 Å². The second kappa shape index (κ2) is 4.94. The smallest absolute Gasteiger partial charge is 0.196 e. The summed E-state index contributed by atoms with van der Waals surface area (Å²) in [7, 11) is 0. The molecule has 1 aliphatic heterocycles. The van der Waals surface area contributed by atoms with Crippen LogP contribution in [-0.4, -0.2) is 31.3 Å². The van der Waals surface area contributed by atoms with Crippen molar-refractivity contribution >= 4 is 11.6 Å². The van der Waals surface area contributed by atoms with Gasteiger partial charge in [-0.15, -0.1) is 0 Å². The third kappa shape index (κ3) is 2.31. The number of hydrogen-bond donors (Lipinski definition) is 1. The molecule has 0 saturated heterocycles. The van der Waals surface area contributed by atoms with Gasteiger partial charge in [0.05, 0.1) is 18.7 Å². The predicted octanol–water partition coefficient (Wildman–Crippen LogP) is 1.76. The molecule has 0 amide bonds. The first-order chi connectivity index (χ1) is 8.57. The van der Waals surface area contributed by atoms with Crippen molar-refractivity contribution in [1.82, 2.24) is 0 Å². The molecule has 4 nitrogen and oxygen atoms in total. The van der Waals surface area contributed by atoms with Gasteiger partial charge in [0.2, 0.25) is 0 Å². The van der Waals surface area contributed by atoms with E-state index in [0.29, 0.717) is 25.7 Å². The Labute approximate surface area is 106 Å². The predicted molar refractivity (Wildman–Crippen MR) is 70.3 cm³/mol. The van der Waals surface area contributed by atoms with Crippen LogP contribution in [0.4, 0.5) is 10.1 Å². The quantitative estimate of drug-likeness (QED) is 0.887. The van der Waals surface area contributed by atoms with Gasteiger partial charge in [0.15, 0.2) is 5.96 Å². The van der Waals surface area contributed by atoms with Crippen LogP contribution in [-0.2, 0) is 4.74 Å². The van der Waals surface area contributed by atoms with Crippen molar-refractivity contribution < 1.29 is 9.13 Å². The van der Waals surface area contributed by atoms with E-state index in [-0.39, 0.29) is 11.4 Å². The zero-order valence-corrected chi connectivity index (χ0v) is 10.7. The summed E-state index contributed by atoms with van der Waals surface area (Å²) < 4.78 is 18.5. The Morgan fingerprint density at radius 1 is 1.44 bits per heavy atom. The van der Waals surface area contributed by atoms with Crippen LogP contribution in [0.5, 0.6) is 0 Å². The molecule has 0 aromatic heterocycles. The Morgan fingerprint density at radius 2 is 2.11 bits per heavy atom. The zero-order valence-electron chi connectivity index (χ0n) is 10.7. The molecular formula is C13H18FN3O. The SMILES string of the molecule is CCOCC1(C)CN=C(N)N1c1ccc(F)cc1. The van der Waals surface area contributed by atoms with Crippen LogP contribution < -0.4 is 10.6 Å². The molecule has 18 heavy (non-hydrogen) atoms. The van der Waals surface area contributed by atoms with Gasteiger partial charge >= 0.3 is 0 Å². The highest BCUT2D eigenvalue weighted by molar-refractivity contribution is 5.98. The van der Waals surface area contributed by atoms with Gasteiger partial charge in [-0.1, -0.05) is 0 Å². The van der Waals surface area contributed by atoms with Gasteiger partial charge in [-0.2, -0.15) is 0 Å². The number of anilines is 1. The number of nitrogens with two attached hydrogens (primary N) is 1. The lowest BCUT2D eigenvalue weighted by atomic mass is 10.0. The molecule has 1 heterocycles. The lowest BCUT2D eigenvalue weighted by molar-refractivity contribution is 0.108. The Balaban J connectivity index is 2.27. The molecule has 0 bridgehead atoms. The molecule has 2 N–H and O–H groups in total. The van der Waals surface area contributed by atoms with Gasteiger partial charge in [-0.25, -0.2) is 4.39 Å². The molecule has 1 atom stereocenters. The summed E-state index contributed by atoms with van der Waals surface area (Å²) in [5.41, 5.74) is 6.45. The number of guanidine groups is 1. The Bertz CT molecular complexity index is 446. The standard InChI is InChI=1S/C13H18FN3O/c1-3-18-9-13(2)8-16-12(15)17(13)11-6-4-10(14)5-7-11/h4-7H,3,8-9H2,1-2H3,(H2,15,16). The number of benzene rings is 1. The minimum atomic E-state index is -0.308. The second-order valence-corrected chi connectivity index (χ2v) is 4.62. The normalized spacial score (nSPS) is 23.3. The molecule has 1 aromatic carbocycles. The number of aliphatic imine (C=N–C) groups is 1. The molecule has 1 unspecified atom stereocenters. The average molecular weight is 251 g/mol. The topological polar surface area (TPSA) is 50.9 Å². The molecule has 1 aromatic rings. The fourth-order valence-corrected chi connectivity index (χ4v) is 2.14. The maximum atomic E-state index is 13.0. The fraction of sp³-hybridized carbons (Fsp3) is 0.462. The van der Waals surface area contributed by atoms with E-state index in [1.165, 1.54) is 12.1 Å². The van der Waals surface area contributed by atoms with E-state index in [4.69, 9.17) is 10.5 Å². The molecule has 0 aliphatic carbocycles. The monoisotopic (exact) mass is 251 g/mol. The Hall–Kier alpha value is -1.62. The van der Waals surface area contributed by atoms with Crippen LogP contribution in [0.2, 0.25) is 0 Å². The average Bonchev–Trinajstić information content (AvgIpc) is 2.65. The summed E-state index contributed by atoms with van der Waals surface area (Å²) >= 11 is 0. The molecule has 0 saturated carbocycles. The van der Waals surface area contributed by atoms with Crippen LogP contribution >= 0.6 is 0 Å². The highest BCUT2D eigenvalue weighted by atomic mass is 19.1. The van der Waals surface area contributed by atoms with Crippen LogP contribution in [0, 0.1) is 5.82 Å². The van der Waals surface area contributed by atoms with Crippen molar-refractivity contribution in [3.05, 3.63) is 30.1 Å². The fourth-order valence-electron chi connectivity index (χ4n) is 2.14. The molecule has 2 rings (SSSR count). The third-order valence-corrected chi connectivity index (χ3v) is 3.05. The van der Waals surface area contributed by atoms with Crippen molar-refractivity contribution in [1.29, 1.82) is 0 Å². The van der Waals surface area contributed by atoms with Crippen LogP contribution in [0.15, 0.2) is 29.3 Å². The van der Waals surface area contributed by atoms with Crippen molar-refractivity contribution in [2.75, 3.05) is 24.7 Å². The summed E-state index contributed by atoms with van der Waals surface area (Å²) in [4.78, 5) is 6.17. The first-order valence-electron chi connectivity index (χ1n) is 6.00. The van der Waals surface area contributed by atoms with Crippen molar-refractivity contribution in [3.63, 3.8) is 0 Å². The first kappa shape index (κ1) is 12.8. The molecule has 5 heteroatoms. The van der Waals surface area contributed by atoms with E-state index in [9.17, 15) is 4.39 Å². The number of rotatable bonds is 4. The lowest BCUT2D eigenvalue weighted by Gasteiger charge is -2.35. The van der Waals surface area contributed by atoms with Gasteiger partial charge in [-0.05, 0) is 38.1 Å². The number of hydrogen-bond acceptors (Lipinski definition) is 4. The zero-order chi connectivity index (χ0) is 13.2. The summed E-state index contributed by atoms with van der Waals surface area (Å²) in [6.07, 6.45) is 0. The second-order valence-electron chi connectivity index (χ2n) is 4.62. The Kier molecular flexibility index (Phi) is 3.52. The van der Waals surface area contributed by atoms with Crippen LogP contribution in [0.3, 0.4) is 0 Å². The summed E-state index contributed by atoms with van der Waals surface area (Å²) in [5, 5.41) is 0.